The van der Waals surface area contributed by atoms with Gasteiger partial charge in [0.2, 0.25) is 5.95 Å². The maximum Gasteiger partial charge on any atom is 0.216 e. The Bertz CT molecular complexity index is 351. The first-order chi connectivity index (χ1) is 6.62. The van der Waals surface area contributed by atoms with Crippen LogP contribution in [0.1, 0.15) is 18.4 Å². The van der Waals surface area contributed by atoms with Crippen molar-refractivity contribution in [2.24, 2.45) is 5.84 Å². The van der Waals surface area contributed by atoms with E-state index in [1.165, 1.54) is 0 Å². The predicted molar refractivity (Wildman–Crippen MR) is 61.1 cm³/mol. The number of hydrogen-bond donors (Lipinski definition) is 1. The summed E-state index contributed by atoms with van der Waals surface area (Å²) < 4.78 is 13.4. The summed E-state index contributed by atoms with van der Waals surface area (Å²) >= 11 is 0. The number of aryl methyl sites for hydroxylation is 1. The van der Waals surface area contributed by atoms with E-state index in [2.05, 4.69) is 4.98 Å². The zero-order valence-electron chi connectivity index (χ0n) is 8.74. The van der Waals surface area contributed by atoms with Gasteiger partial charge in [-0.1, -0.05) is 0 Å². The van der Waals surface area contributed by atoms with Gasteiger partial charge in [-0.15, -0.1) is 12.4 Å². The van der Waals surface area contributed by atoms with Crippen LogP contribution in [0, 0.1) is 12.9 Å². The molecular weight excluding hydrogens is 217 g/mol. The molecule has 1 aliphatic heterocycles. The van der Waals surface area contributed by atoms with E-state index >= 15 is 0 Å². The minimum atomic E-state index is -0.403. The first kappa shape index (κ1) is 12.4. The maximum atomic E-state index is 13.0. The summed E-state index contributed by atoms with van der Waals surface area (Å²) in [4.78, 5) is 3.71. The van der Waals surface area contributed by atoms with Gasteiger partial charge in [0.15, 0.2) is 5.69 Å². The van der Waals surface area contributed by atoms with Gasteiger partial charge in [0.05, 0.1) is 6.20 Å². The Labute approximate surface area is 95.1 Å². The average molecular weight is 233 g/mol. The fourth-order valence-electron chi connectivity index (χ4n) is 1.94. The summed E-state index contributed by atoms with van der Waals surface area (Å²) in [5.74, 6) is 5.77. The topological polar surface area (TPSA) is 38.9 Å². The number of nitrogens with two attached hydrogens (primary N) is 1. The fourth-order valence-corrected chi connectivity index (χ4v) is 1.94. The van der Waals surface area contributed by atoms with Crippen molar-refractivity contribution in [3.8, 4) is 0 Å². The maximum absolute atomic E-state index is 13.0. The van der Waals surface area contributed by atoms with Crippen molar-refractivity contribution in [3.05, 3.63) is 23.8 Å². The van der Waals surface area contributed by atoms with Crippen LogP contribution in [0.4, 0.5) is 10.1 Å². The summed E-state index contributed by atoms with van der Waals surface area (Å²) in [5, 5.41) is 0. The highest BCUT2D eigenvalue weighted by Gasteiger charge is 2.31. The average Bonchev–Trinajstić information content (AvgIpc) is 2.58. The molecular formula is C10H16ClFN3+. The fraction of sp³-hybridized carbons (Fsp3) is 0.500. The molecule has 15 heavy (non-hydrogen) atoms. The van der Waals surface area contributed by atoms with Crippen LogP contribution in [0.3, 0.4) is 0 Å². The summed E-state index contributed by atoms with van der Waals surface area (Å²) in [6.45, 7) is 3.56. The van der Waals surface area contributed by atoms with Crippen LogP contribution < -0.4 is 10.4 Å². The Morgan fingerprint density at radius 2 is 2.00 bits per heavy atom. The van der Waals surface area contributed by atoms with Gasteiger partial charge in [-0.25, -0.2) is 9.58 Å². The first-order valence-corrected chi connectivity index (χ1v) is 4.90. The number of hydrogen-bond acceptors (Lipinski definition) is 2. The van der Waals surface area contributed by atoms with Gasteiger partial charge in [0.25, 0.3) is 0 Å². The lowest BCUT2D eigenvalue weighted by atomic mass is 10.2. The number of quaternary nitrogens is 1. The Balaban J connectivity index is 0.00000112. The van der Waals surface area contributed by atoms with Crippen LogP contribution in [0.15, 0.2) is 12.3 Å². The summed E-state index contributed by atoms with van der Waals surface area (Å²) in [6.07, 6.45) is 3.81. The van der Waals surface area contributed by atoms with Crippen molar-refractivity contribution in [1.82, 2.24) is 9.58 Å². The van der Waals surface area contributed by atoms with Crippen LogP contribution in [-0.2, 0) is 0 Å². The Hall–Kier alpha value is -0.710. The van der Waals surface area contributed by atoms with Crippen molar-refractivity contribution < 1.29 is 4.39 Å². The predicted octanol–water partition coefficient (Wildman–Crippen LogP) is 1.93. The third-order valence-corrected chi connectivity index (χ3v) is 2.88. The van der Waals surface area contributed by atoms with Crippen molar-refractivity contribution in [2.45, 2.75) is 19.8 Å². The molecule has 0 aromatic carbocycles. The lowest BCUT2D eigenvalue weighted by molar-refractivity contribution is 0.345. The van der Waals surface area contributed by atoms with Crippen LogP contribution >= 0.6 is 12.4 Å². The molecule has 0 unspecified atom stereocenters. The molecule has 84 valence electrons. The van der Waals surface area contributed by atoms with Crippen molar-refractivity contribution in [1.29, 1.82) is 0 Å². The van der Waals surface area contributed by atoms with E-state index in [4.69, 9.17) is 5.84 Å². The second-order valence-electron chi connectivity index (χ2n) is 3.99. The minimum absolute atomic E-state index is 0. The third-order valence-electron chi connectivity index (χ3n) is 2.88. The molecule has 2 N–H and O–H groups in total. The molecule has 0 amide bonds. The molecule has 1 fully saturated rings. The van der Waals surface area contributed by atoms with Crippen LogP contribution in [-0.4, -0.2) is 18.1 Å². The highest BCUT2D eigenvalue weighted by molar-refractivity contribution is 5.85. The number of pyridine rings is 1. The molecule has 3 nitrogen and oxygen atoms in total. The molecule has 0 atom stereocenters. The first-order valence-electron chi connectivity index (χ1n) is 4.90. The van der Waals surface area contributed by atoms with E-state index in [0.717, 1.165) is 31.6 Å². The SMILES string of the molecule is Cc1cc([N+]2(N)CCCC2)cnc1F.Cl. The molecule has 1 aromatic heterocycles. The lowest BCUT2D eigenvalue weighted by Crippen LogP contribution is -2.53. The van der Waals surface area contributed by atoms with Gasteiger partial charge in [0.1, 0.15) is 13.1 Å². The van der Waals surface area contributed by atoms with Crippen molar-refractivity contribution in [3.63, 3.8) is 0 Å². The quantitative estimate of drug-likeness (QED) is 0.457. The van der Waals surface area contributed by atoms with E-state index in [9.17, 15) is 4.39 Å². The van der Waals surface area contributed by atoms with Crippen LogP contribution in [0.25, 0.3) is 0 Å². The second kappa shape index (κ2) is 4.43. The molecule has 5 heteroatoms. The number of aromatic nitrogens is 1. The van der Waals surface area contributed by atoms with E-state index in [-0.39, 0.29) is 12.4 Å². The Morgan fingerprint density at radius 1 is 1.40 bits per heavy atom. The van der Waals surface area contributed by atoms with E-state index < -0.39 is 5.95 Å². The largest absolute Gasteiger partial charge is 0.222 e. The van der Waals surface area contributed by atoms with Crippen LogP contribution in [0.5, 0.6) is 0 Å². The molecule has 2 heterocycles. The molecule has 0 aliphatic carbocycles. The number of rotatable bonds is 1. The zero-order chi connectivity index (χ0) is 10.2. The number of nitrogens with zero attached hydrogens (tertiary/aromatic N) is 2. The van der Waals surface area contributed by atoms with Gasteiger partial charge >= 0.3 is 0 Å². The van der Waals surface area contributed by atoms with Crippen molar-refractivity contribution >= 4 is 18.1 Å². The highest BCUT2D eigenvalue weighted by Crippen LogP contribution is 2.25. The van der Waals surface area contributed by atoms with Gasteiger partial charge in [0, 0.05) is 24.5 Å². The molecule has 2 rings (SSSR count). The van der Waals surface area contributed by atoms with Crippen molar-refractivity contribution in [2.75, 3.05) is 13.1 Å². The van der Waals surface area contributed by atoms with Crippen LogP contribution in [0.2, 0.25) is 0 Å². The van der Waals surface area contributed by atoms with Gasteiger partial charge in [-0.2, -0.15) is 10.2 Å². The Kier molecular flexibility index (Phi) is 3.65. The highest BCUT2D eigenvalue weighted by atomic mass is 35.5. The van der Waals surface area contributed by atoms with E-state index in [0.29, 0.717) is 10.2 Å². The van der Waals surface area contributed by atoms with Gasteiger partial charge in [-0.3, -0.25) is 0 Å². The Morgan fingerprint density at radius 3 is 2.53 bits per heavy atom. The molecule has 0 radical (unpaired) electrons. The molecule has 1 aliphatic rings. The summed E-state index contributed by atoms with van der Waals surface area (Å²) in [7, 11) is 0. The molecule has 1 saturated heterocycles. The molecule has 0 spiro atoms. The monoisotopic (exact) mass is 232 g/mol. The van der Waals surface area contributed by atoms with Gasteiger partial charge < -0.3 is 0 Å². The lowest BCUT2D eigenvalue weighted by Gasteiger charge is -2.26. The molecule has 0 bridgehead atoms. The minimum Gasteiger partial charge on any atom is -0.222 e. The summed E-state index contributed by atoms with van der Waals surface area (Å²) in [6, 6.07) is 1.80. The third kappa shape index (κ3) is 2.27. The molecule has 1 aromatic rings. The smallest absolute Gasteiger partial charge is 0.216 e. The van der Waals surface area contributed by atoms with E-state index in [1.807, 2.05) is 0 Å². The number of halogens is 2. The standard InChI is InChI=1S/C10H15FN3.ClH/c1-8-6-9(7-13-10(8)11)14(12)4-2-3-5-14;/h6-7H,2-5,12H2,1H3;1H/q+1;. The second-order valence-corrected chi connectivity index (χ2v) is 3.99. The van der Waals surface area contributed by atoms with Gasteiger partial charge in [-0.05, 0) is 6.92 Å². The zero-order valence-corrected chi connectivity index (χ0v) is 9.56. The normalized spacial score (nSPS) is 18.6. The summed E-state index contributed by atoms with van der Waals surface area (Å²) in [5.41, 5.74) is 1.48. The molecule has 0 saturated carbocycles. The van der Waals surface area contributed by atoms with E-state index in [1.54, 1.807) is 19.2 Å².